The molecule has 6 nitrogen and oxygen atoms in total. The average Bonchev–Trinajstić information content (AvgIpc) is 2.81. The number of nitrogens with zero attached hydrogens (tertiary/aromatic N) is 1. The van der Waals surface area contributed by atoms with Gasteiger partial charge in [0.05, 0.1) is 25.0 Å². The summed E-state index contributed by atoms with van der Waals surface area (Å²) in [6, 6.07) is 20.8. The molecule has 1 heterocycles. The van der Waals surface area contributed by atoms with Crippen LogP contribution < -0.4 is 14.4 Å². The number of methoxy groups -OCH3 is 1. The molecule has 1 aliphatic heterocycles. The van der Waals surface area contributed by atoms with Crippen molar-refractivity contribution in [1.82, 2.24) is 0 Å². The van der Waals surface area contributed by atoms with E-state index < -0.39 is 15.9 Å². The van der Waals surface area contributed by atoms with Gasteiger partial charge in [-0.05, 0) is 29.8 Å². The number of carbonyl (C=O) groups is 1. The van der Waals surface area contributed by atoms with Crippen molar-refractivity contribution in [1.29, 1.82) is 0 Å². The van der Waals surface area contributed by atoms with Gasteiger partial charge in [0, 0.05) is 16.2 Å². The Bertz CT molecular complexity index is 1370. The van der Waals surface area contributed by atoms with Gasteiger partial charge >= 0.3 is 0 Å². The molecule has 0 unspecified atom stereocenters. The summed E-state index contributed by atoms with van der Waals surface area (Å²) in [5, 5.41) is 3.05. The van der Waals surface area contributed by atoms with Gasteiger partial charge in [0.1, 0.15) is 5.75 Å². The maximum Gasteiger partial charge on any atom is 0.270 e. The molecule has 4 rings (SSSR count). The molecule has 3 aromatic carbocycles. The quantitative estimate of drug-likeness (QED) is 0.499. The van der Waals surface area contributed by atoms with Crippen LogP contribution in [0.2, 0.25) is 5.02 Å². The fourth-order valence-corrected chi connectivity index (χ4v) is 5.67. The highest BCUT2D eigenvalue weighted by atomic mass is 35.5. The second-order valence-corrected chi connectivity index (χ2v) is 9.45. The van der Waals surface area contributed by atoms with E-state index in [2.05, 4.69) is 11.9 Å². The van der Waals surface area contributed by atoms with Crippen LogP contribution in [0.15, 0.2) is 90.4 Å². The number of carbonyl (C=O) groups excluding carboxylic acids is 1. The zero-order valence-electron chi connectivity index (χ0n) is 17.8. The lowest BCUT2D eigenvalue weighted by molar-refractivity contribution is -0.112. The fourth-order valence-electron chi connectivity index (χ4n) is 3.79. The van der Waals surface area contributed by atoms with E-state index in [1.165, 1.54) is 23.6 Å². The summed E-state index contributed by atoms with van der Waals surface area (Å²) in [6.45, 7) is 3.70. The molecule has 1 amide bonds. The largest absolute Gasteiger partial charge is 0.495 e. The number of amides is 1. The molecule has 0 saturated carbocycles. The Morgan fingerprint density at radius 3 is 2.48 bits per heavy atom. The topological polar surface area (TPSA) is 75.7 Å². The second kappa shape index (κ2) is 9.13. The third kappa shape index (κ3) is 4.13. The lowest BCUT2D eigenvalue weighted by Gasteiger charge is -2.32. The Hall–Kier alpha value is -3.55. The molecule has 1 aliphatic rings. The van der Waals surface area contributed by atoms with Crippen LogP contribution in [0.4, 0.5) is 11.4 Å². The van der Waals surface area contributed by atoms with Crippen LogP contribution in [0.3, 0.4) is 0 Å². The van der Waals surface area contributed by atoms with Crippen molar-refractivity contribution in [3.8, 4) is 5.75 Å². The summed E-state index contributed by atoms with van der Waals surface area (Å²) in [5.41, 5.74) is 2.30. The minimum Gasteiger partial charge on any atom is -0.495 e. The van der Waals surface area contributed by atoms with Gasteiger partial charge in [0.15, 0.2) is 4.91 Å². The third-order valence-corrected chi connectivity index (χ3v) is 7.26. The number of halogens is 1. The zero-order chi connectivity index (χ0) is 23.6. The van der Waals surface area contributed by atoms with E-state index in [0.717, 1.165) is 0 Å². The Morgan fingerprint density at radius 1 is 1.09 bits per heavy atom. The summed E-state index contributed by atoms with van der Waals surface area (Å²) in [4.78, 5) is 13.2. The van der Waals surface area contributed by atoms with E-state index in [1.54, 1.807) is 60.7 Å². The van der Waals surface area contributed by atoms with Crippen LogP contribution >= 0.6 is 11.6 Å². The first kappa shape index (κ1) is 22.6. The smallest absolute Gasteiger partial charge is 0.270 e. The Morgan fingerprint density at radius 2 is 1.79 bits per heavy atom. The second-order valence-electron chi connectivity index (χ2n) is 7.21. The maximum atomic E-state index is 13.8. The van der Waals surface area contributed by atoms with Gasteiger partial charge in [-0.1, -0.05) is 66.2 Å². The normalized spacial score (nSPS) is 14.4. The van der Waals surface area contributed by atoms with Crippen molar-refractivity contribution in [2.24, 2.45) is 0 Å². The molecule has 168 valence electrons. The molecule has 1 N–H and O–H groups in total. The van der Waals surface area contributed by atoms with Gasteiger partial charge in [-0.2, -0.15) is 0 Å². The number of ether oxygens (including phenoxy) is 1. The van der Waals surface area contributed by atoms with Gasteiger partial charge in [-0.3, -0.25) is 9.10 Å². The van der Waals surface area contributed by atoms with Crippen molar-refractivity contribution in [2.45, 2.75) is 0 Å². The highest BCUT2D eigenvalue weighted by Gasteiger charge is 2.41. The van der Waals surface area contributed by atoms with Gasteiger partial charge in [-0.15, -0.1) is 6.58 Å². The molecule has 3 aromatic rings. The third-order valence-electron chi connectivity index (χ3n) is 5.19. The van der Waals surface area contributed by atoms with Gasteiger partial charge < -0.3 is 10.1 Å². The molecule has 0 radical (unpaired) electrons. The van der Waals surface area contributed by atoms with Crippen LogP contribution in [-0.4, -0.2) is 28.0 Å². The van der Waals surface area contributed by atoms with Crippen molar-refractivity contribution in [2.75, 3.05) is 23.3 Å². The first-order chi connectivity index (χ1) is 15.9. The van der Waals surface area contributed by atoms with Crippen LogP contribution in [0.5, 0.6) is 5.75 Å². The number of para-hydroxylation sites is 1. The first-order valence-corrected chi connectivity index (χ1v) is 11.9. The lowest BCUT2D eigenvalue weighted by Crippen LogP contribution is -2.39. The summed E-state index contributed by atoms with van der Waals surface area (Å²) < 4.78 is 34.1. The number of sulfonamides is 1. The summed E-state index contributed by atoms with van der Waals surface area (Å²) in [6.07, 6.45) is 1.48. The van der Waals surface area contributed by atoms with Crippen LogP contribution in [0, 0.1) is 0 Å². The minimum absolute atomic E-state index is 0.0126. The highest BCUT2D eigenvalue weighted by molar-refractivity contribution is 7.97. The Kier molecular flexibility index (Phi) is 6.26. The molecule has 0 fully saturated rings. The van der Waals surface area contributed by atoms with E-state index in [9.17, 15) is 13.2 Å². The molecule has 0 bridgehead atoms. The number of nitrogens with one attached hydrogen (secondary N) is 1. The van der Waals surface area contributed by atoms with Crippen molar-refractivity contribution < 1.29 is 17.9 Å². The SMILES string of the molecule is C=CCN1c2ccccc2C(c2ccccc2)=C(C(=O)Nc2cc(Cl)ccc2OC)S1(=O)=O. The van der Waals surface area contributed by atoms with E-state index >= 15 is 0 Å². The van der Waals surface area contributed by atoms with Gasteiger partial charge in [0.2, 0.25) is 0 Å². The van der Waals surface area contributed by atoms with Crippen LogP contribution in [-0.2, 0) is 14.8 Å². The van der Waals surface area contributed by atoms with Crippen molar-refractivity contribution in [3.05, 3.63) is 107 Å². The van der Waals surface area contributed by atoms with E-state index in [4.69, 9.17) is 16.3 Å². The average molecular weight is 481 g/mol. The van der Waals surface area contributed by atoms with E-state index in [1.807, 2.05) is 6.07 Å². The van der Waals surface area contributed by atoms with Gasteiger partial charge in [-0.25, -0.2) is 8.42 Å². The number of anilines is 2. The van der Waals surface area contributed by atoms with Crippen LogP contribution in [0.1, 0.15) is 11.1 Å². The number of hydrogen-bond acceptors (Lipinski definition) is 4. The summed E-state index contributed by atoms with van der Waals surface area (Å²) >= 11 is 6.10. The maximum absolute atomic E-state index is 13.8. The molecule has 33 heavy (non-hydrogen) atoms. The van der Waals surface area contributed by atoms with E-state index in [0.29, 0.717) is 33.2 Å². The predicted octanol–water partition coefficient (Wildman–Crippen LogP) is 5.08. The standard InChI is InChI=1S/C25H21ClN2O4S/c1-3-15-28-21-12-8-7-11-19(21)23(17-9-5-4-6-10-17)24(33(28,30)31)25(29)27-20-16-18(26)13-14-22(20)32-2/h3-14,16H,1,15H2,2H3,(H,27,29). The summed E-state index contributed by atoms with van der Waals surface area (Å²) in [7, 11) is -2.78. The summed E-state index contributed by atoms with van der Waals surface area (Å²) in [5.74, 6) is -0.441. The lowest BCUT2D eigenvalue weighted by atomic mass is 9.95. The fraction of sp³-hybridized carbons (Fsp3) is 0.0800. The molecular weight excluding hydrogens is 460 g/mol. The monoisotopic (exact) mass is 480 g/mol. The molecule has 0 saturated heterocycles. The molecule has 0 atom stereocenters. The molecule has 0 aromatic heterocycles. The molecule has 8 heteroatoms. The Balaban J connectivity index is 1.98. The molecular formula is C25H21ClN2O4S. The number of benzene rings is 3. The number of hydrogen-bond donors (Lipinski definition) is 1. The first-order valence-electron chi connectivity index (χ1n) is 10.1. The number of rotatable bonds is 6. The Labute approximate surface area is 197 Å². The van der Waals surface area contributed by atoms with Crippen LogP contribution in [0.25, 0.3) is 5.57 Å². The minimum atomic E-state index is -4.23. The predicted molar refractivity (Wildman–Crippen MR) is 132 cm³/mol. The number of fused-ring (bicyclic) bond motifs is 1. The highest BCUT2D eigenvalue weighted by Crippen LogP contribution is 2.43. The van der Waals surface area contributed by atoms with Crippen molar-refractivity contribution >= 4 is 44.5 Å². The molecule has 0 spiro atoms. The molecule has 0 aliphatic carbocycles. The zero-order valence-corrected chi connectivity index (χ0v) is 19.4. The van der Waals surface area contributed by atoms with Gasteiger partial charge in [0.25, 0.3) is 15.9 Å². The van der Waals surface area contributed by atoms with E-state index in [-0.39, 0.29) is 17.1 Å². The van der Waals surface area contributed by atoms with Crippen molar-refractivity contribution in [3.63, 3.8) is 0 Å².